The summed E-state index contributed by atoms with van der Waals surface area (Å²) in [4.78, 5) is 0.0833. The van der Waals surface area contributed by atoms with E-state index in [1.165, 1.54) is 18.2 Å². The van der Waals surface area contributed by atoms with Crippen LogP contribution in [0.25, 0.3) is 0 Å². The van der Waals surface area contributed by atoms with Crippen LogP contribution in [0.15, 0.2) is 41.3 Å². The first-order chi connectivity index (χ1) is 10.4. The number of rotatable bonds is 5. The molecule has 5 nitrogen and oxygen atoms in total. The maximum Gasteiger partial charge on any atom is 0.262 e. The molecule has 0 aromatic heterocycles. The molecule has 0 bridgehead atoms. The Hall–Kier alpha value is -1.60. The van der Waals surface area contributed by atoms with E-state index in [1.807, 2.05) is 0 Å². The number of anilines is 1. The maximum absolute atomic E-state index is 12.5. The highest BCUT2D eigenvalue weighted by molar-refractivity contribution is 7.92. The minimum Gasteiger partial charge on any atom is -0.392 e. The van der Waals surface area contributed by atoms with E-state index >= 15 is 0 Å². The van der Waals surface area contributed by atoms with Gasteiger partial charge in [-0.25, -0.2) is 8.42 Å². The van der Waals surface area contributed by atoms with Crippen molar-refractivity contribution in [3.05, 3.63) is 58.1 Å². The molecule has 22 heavy (non-hydrogen) atoms. The number of hydrogen-bond acceptors (Lipinski definition) is 4. The number of hydrogen-bond donors (Lipinski definition) is 3. The zero-order valence-electron chi connectivity index (χ0n) is 11.9. The van der Waals surface area contributed by atoms with E-state index in [0.29, 0.717) is 21.7 Å². The molecule has 118 valence electrons. The number of sulfonamides is 1. The van der Waals surface area contributed by atoms with E-state index in [-0.39, 0.29) is 23.8 Å². The van der Waals surface area contributed by atoms with Crippen molar-refractivity contribution < 1.29 is 18.6 Å². The van der Waals surface area contributed by atoms with Crippen LogP contribution in [0.3, 0.4) is 0 Å². The van der Waals surface area contributed by atoms with Gasteiger partial charge in [0.25, 0.3) is 10.0 Å². The molecule has 0 unspecified atom stereocenters. The quantitative estimate of drug-likeness (QED) is 0.779. The molecule has 0 spiro atoms. The van der Waals surface area contributed by atoms with Crippen molar-refractivity contribution in [2.45, 2.75) is 25.0 Å². The van der Waals surface area contributed by atoms with E-state index in [2.05, 4.69) is 4.72 Å². The maximum atomic E-state index is 12.5. The molecule has 0 heterocycles. The highest BCUT2D eigenvalue weighted by Crippen LogP contribution is 2.24. The third-order valence-electron chi connectivity index (χ3n) is 3.11. The first-order valence-electron chi connectivity index (χ1n) is 6.49. The zero-order chi connectivity index (χ0) is 16.3. The van der Waals surface area contributed by atoms with Gasteiger partial charge in [0.2, 0.25) is 0 Å². The van der Waals surface area contributed by atoms with Gasteiger partial charge < -0.3 is 10.2 Å². The van der Waals surface area contributed by atoms with Crippen LogP contribution in [0.1, 0.15) is 16.7 Å². The van der Waals surface area contributed by atoms with Crippen LogP contribution in [0, 0.1) is 6.92 Å². The Morgan fingerprint density at radius 3 is 2.18 bits per heavy atom. The normalized spacial score (nSPS) is 11.5. The lowest BCUT2D eigenvalue weighted by atomic mass is 10.1. The summed E-state index contributed by atoms with van der Waals surface area (Å²) in [5, 5.41) is 18.7. The number of aryl methyl sites for hydroxylation is 1. The van der Waals surface area contributed by atoms with Gasteiger partial charge in [-0.1, -0.05) is 23.7 Å². The minimum absolute atomic E-state index is 0.0833. The third kappa shape index (κ3) is 3.78. The van der Waals surface area contributed by atoms with E-state index in [1.54, 1.807) is 25.1 Å². The van der Waals surface area contributed by atoms with Crippen molar-refractivity contribution in [1.29, 1.82) is 0 Å². The fraction of sp³-hybridized carbons (Fsp3) is 0.200. The second-order valence-electron chi connectivity index (χ2n) is 4.87. The molecule has 0 saturated heterocycles. The van der Waals surface area contributed by atoms with Gasteiger partial charge >= 0.3 is 0 Å². The van der Waals surface area contributed by atoms with Gasteiger partial charge in [0, 0.05) is 10.7 Å². The lowest BCUT2D eigenvalue weighted by Crippen LogP contribution is -2.14. The van der Waals surface area contributed by atoms with Gasteiger partial charge in [-0.15, -0.1) is 0 Å². The van der Waals surface area contributed by atoms with Crippen molar-refractivity contribution >= 4 is 27.3 Å². The molecule has 3 N–H and O–H groups in total. The highest BCUT2D eigenvalue weighted by atomic mass is 35.5. The second-order valence-corrected chi connectivity index (χ2v) is 6.96. The molecule has 0 radical (unpaired) electrons. The third-order valence-corrected chi connectivity index (χ3v) is 4.87. The molecule has 0 saturated carbocycles. The Kier molecular flexibility index (Phi) is 5.08. The monoisotopic (exact) mass is 341 g/mol. The summed E-state index contributed by atoms with van der Waals surface area (Å²) in [6.45, 7) is 1.17. The lowest BCUT2D eigenvalue weighted by Gasteiger charge is -2.12. The van der Waals surface area contributed by atoms with Gasteiger partial charge in [0.1, 0.15) is 0 Å². The van der Waals surface area contributed by atoms with Gasteiger partial charge in [-0.2, -0.15) is 0 Å². The molecule has 0 fully saturated rings. The summed E-state index contributed by atoms with van der Waals surface area (Å²) in [5.41, 5.74) is 1.85. The number of nitrogens with one attached hydrogen (secondary N) is 1. The van der Waals surface area contributed by atoms with Gasteiger partial charge in [0.15, 0.2) is 0 Å². The SMILES string of the molecule is Cc1ccc(Cl)cc1S(=O)(=O)Nc1cc(CO)cc(CO)c1. The van der Waals surface area contributed by atoms with Crippen molar-refractivity contribution in [1.82, 2.24) is 0 Å². The van der Waals surface area contributed by atoms with Crippen LogP contribution >= 0.6 is 11.6 Å². The standard InChI is InChI=1S/C15H16ClNO4S/c1-10-2-3-13(16)7-15(10)22(20,21)17-14-5-11(8-18)4-12(6-14)9-19/h2-7,17-19H,8-9H2,1H3. The Balaban J connectivity index is 2.42. The van der Waals surface area contributed by atoms with Crippen molar-refractivity contribution in [3.8, 4) is 0 Å². The van der Waals surface area contributed by atoms with E-state index in [0.717, 1.165) is 0 Å². The van der Waals surface area contributed by atoms with Crippen molar-refractivity contribution in [2.75, 3.05) is 4.72 Å². The molecule has 2 aromatic carbocycles. The Morgan fingerprint density at radius 1 is 1.05 bits per heavy atom. The number of aliphatic hydroxyl groups excluding tert-OH is 2. The van der Waals surface area contributed by atoms with E-state index in [4.69, 9.17) is 11.6 Å². The molecular formula is C15H16ClNO4S. The van der Waals surface area contributed by atoms with E-state index < -0.39 is 10.0 Å². The van der Waals surface area contributed by atoms with E-state index in [9.17, 15) is 18.6 Å². The molecule has 0 amide bonds. The number of halogens is 1. The Labute approximate surface area is 134 Å². The van der Waals surface area contributed by atoms with Crippen molar-refractivity contribution in [3.63, 3.8) is 0 Å². The average Bonchev–Trinajstić information content (AvgIpc) is 2.48. The molecule has 7 heteroatoms. The topological polar surface area (TPSA) is 86.6 Å². The first-order valence-corrected chi connectivity index (χ1v) is 8.35. The number of aliphatic hydroxyl groups is 2. The van der Waals surface area contributed by atoms with Crippen LogP contribution in [0.5, 0.6) is 0 Å². The summed E-state index contributed by atoms with van der Waals surface area (Å²) in [5.74, 6) is 0. The summed E-state index contributed by atoms with van der Waals surface area (Å²) in [6.07, 6.45) is 0. The zero-order valence-corrected chi connectivity index (χ0v) is 13.4. The molecule has 0 aliphatic heterocycles. The molecule has 2 aromatic rings. The van der Waals surface area contributed by atoms with Crippen LogP contribution in [-0.2, 0) is 23.2 Å². The molecule has 0 aliphatic carbocycles. The summed E-state index contributed by atoms with van der Waals surface area (Å²) in [7, 11) is -3.81. The largest absolute Gasteiger partial charge is 0.392 e. The predicted octanol–water partition coefficient (Wildman–Crippen LogP) is 2.43. The van der Waals surface area contributed by atoms with Crippen LogP contribution in [-0.4, -0.2) is 18.6 Å². The molecule has 0 aliphatic rings. The van der Waals surface area contributed by atoms with Crippen LogP contribution in [0.4, 0.5) is 5.69 Å². The molecule has 0 atom stereocenters. The van der Waals surface area contributed by atoms with Gasteiger partial charge in [-0.3, -0.25) is 4.72 Å². The van der Waals surface area contributed by atoms with Gasteiger partial charge in [0.05, 0.1) is 18.1 Å². The average molecular weight is 342 g/mol. The first kappa shape index (κ1) is 16.8. The lowest BCUT2D eigenvalue weighted by molar-refractivity contribution is 0.275. The Morgan fingerprint density at radius 2 is 1.64 bits per heavy atom. The fourth-order valence-electron chi connectivity index (χ4n) is 2.08. The summed E-state index contributed by atoms with van der Waals surface area (Å²) in [6, 6.07) is 9.24. The summed E-state index contributed by atoms with van der Waals surface area (Å²) < 4.78 is 27.4. The fourth-order valence-corrected chi connectivity index (χ4v) is 3.63. The molecule has 2 rings (SSSR count). The summed E-state index contributed by atoms with van der Waals surface area (Å²) >= 11 is 5.86. The predicted molar refractivity (Wildman–Crippen MR) is 85.3 cm³/mol. The van der Waals surface area contributed by atoms with Gasteiger partial charge in [-0.05, 0) is 47.9 Å². The number of benzene rings is 2. The Bertz CT molecular complexity index is 768. The minimum atomic E-state index is -3.81. The van der Waals surface area contributed by atoms with Crippen LogP contribution < -0.4 is 4.72 Å². The van der Waals surface area contributed by atoms with Crippen LogP contribution in [0.2, 0.25) is 5.02 Å². The highest BCUT2D eigenvalue weighted by Gasteiger charge is 2.18. The van der Waals surface area contributed by atoms with Crippen molar-refractivity contribution in [2.24, 2.45) is 0 Å². The smallest absolute Gasteiger partial charge is 0.262 e. The second kappa shape index (κ2) is 6.66. The molecular weight excluding hydrogens is 326 g/mol.